The normalized spacial score (nSPS) is 19.7. The Kier molecular flexibility index (Phi) is 4.06. The number of aromatic nitrogens is 2. The van der Waals surface area contributed by atoms with Gasteiger partial charge in [0.25, 0.3) is 5.91 Å². The Hall–Kier alpha value is -1.73. The molecule has 0 aliphatic carbocycles. The Balaban J connectivity index is 2.10. The predicted molar refractivity (Wildman–Crippen MR) is 65.8 cm³/mol. The molecular weight excluding hydrogens is 234 g/mol. The standard InChI is InChI=1S/C11H17N5O2/c1-2-8-7-16(3-4-18-8)11(17)9-5-13-6-10(14-9)15-12/h5-6,8H,2-4,7,12H2,1H3,(H,14,15). The van der Waals surface area contributed by atoms with Crippen molar-refractivity contribution in [3.05, 3.63) is 18.1 Å². The van der Waals surface area contributed by atoms with Crippen LogP contribution in [-0.4, -0.2) is 46.6 Å². The molecule has 1 saturated heterocycles. The van der Waals surface area contributed by atoms with Crippen LogP contribution in [0.15, 0.2) is 12.4 Å². The minimum Gasteiger partial charge on any atom is -0.375 e. The maximum absolute atomic E-state index is 12.2. The molecule has 1 aromatic rings. The van der Waals surface area contributed by atoms with Crippen LogP contribution in [0, 0.1) is 0 Å². The van der Waals surface area contributed by atoms with Gasteiger partial charge >= 0.3 is 0 Å². The zero-order valence-electron chi connectivity index (χ0n) is 10.3. The van der Waals surface area contributed by atoms with E-state index in [4.69, 9.17) is 10.6 Å². The van der Waals surface area contributed by atoms with Crippen molar-refractivity contribution in [1.82, 2.24) is 14.9 Å². The molecule has 18 heavy (non-hydrogen) atoms. The summed E-state index contributed by atoms with van der Waals surface area (Å²) in [4.78, 5) is 22.0. The fourth-order valence-corrected chi connectivity index (χ4v) is 1.85. The summed E-state index contributed by atoms with van der Waals surface area (Å²) in [5.41, 5.74) is 2.67. The van der Waals surface area contributed by atoms with Gasteiger partial charge in [0, 0.05) is 13.1 Å². The van der Waals surface area contributed by atoms with Crippen LogP contribution >= 0.6 is 0 Å². The van der Waals surface area contributed by atoms with Gasteiger partial charge in [-0.15, -0.1) is 0 Å². The summed E-state index contributed by atoms with van der Waals surface area (Å²) in [6, 6.07) is 0. The second-order valence-corrected chi connectivity index (χ2v) is 4.09. The Morgan fingerprint density at radius 1 is 1.67 bits per heavy atom. The third kappa shape index (κ3) is 2.74. The molecule has 0 spiro atoms. The van der Waals surface area contributed by atoms with Crippen molar-refractivity contribution in [2.24, 2.45) is 5.84 Å². The molecule has 2 rings (SSSR count). The zero-order valence-corrected chi connectivity index (χ0v) is 10.3. The third-order valence-corrected chi connectivity index (χ3v) is 2.88. The first kappa shape index (κ1) is 12.7. The molecule has 0 saturated carbocycles. The zero-order chi connectivity index (χ0) is 13.0. The van der Waals surface area contributed by atoms with E-state index in [1.807, 2.05) is 6.92 Å². The average molecular weight is 251 g/mol. The highest BCUT2D eigenvalue weighted by molar-refractivity contribution is 5.92. The van der Waals surface area contributed by atoms with Crippen LogP contribution in [0.2, 0.25) is 0 Å². The third-order valence-electron chi connectivity index (χ3n) is 2.88. The predicted octanol–water partition coefficient (Wildman–Crippen LogP) is 0.0132. The number of morpholine rings is 1. The first-order chi connectivity index (χ1) is 8.74. The van der Waals surface area contributed by atoms with E-state index < -0.39 is 0 Å². The number of rotatable bonds is 3. The summed E-state index contributed by atoms with van der Waals surface area (Å²) < 4.78 is 5.53. The molecule has 1 atom stereocenters. The summed E-state index contributed by atoms with van der Waals surface area (Å²) in [5.74, 6) is 5.48. The lowest BCUT2D eigenvalue weighted by Crippen LogP contribution is -2.45. The van der Waals surface area contributed by atoms with Crippen molar-refractivity contribution in [2.45, 2.75) is 19.4 Å². The number of amides is 1. The summed E-state index contributed by atoms with van der Waals surface area (Å²) in [6.07, 6.45) is 3.90. The van der Waals surface area contributed by atoms with E-state index in [1.165, 1.54) is 12.4 Å². The van der Waals surface area contributed by atoms with Gasteiger partial charge in [-0.25, -0.2) is 10.8 Å². The molecule has 0 aromatic carbocycles. The molecule has 7 heteroatoms. The number of hydrogen-bond acceptors (Lipinski definition) is 6. The molecule has 1 aliphatic heterocycles. The Morgan fingerprint density at radius 3 is 3.22 bits per heavy atom. The van der Waals surface area contributed by atoms with Gasteiger partial charge in [-0.1, -0.05) is 6.92 Å². The summed E-state index contributed by atoms with van der Waals surface area (Å²) in [5, 5.41) is 0. The topological polar surface area (TPSA) is 93.4 Å². The lowest BCUT2D eigenvalue weighted by molar-refractivity contribution is -0.0228. The van der Waals surface area contributed by atoms with E-state index >= 15 is 0 Å². The monoisotopic (exact) mass is 251 g/mol. The molecule has 1 aliphatic rings. The molecule has 0 radical (unpaired) electrons. The van der Waals surface area contributed by atoms with Gasteiger partial charge in [0.2, 0.25) is 0 Å². The molecule has 98 valence electrons. The maximum Gasteiger partial charge on any atom is 0.274 e. The van der Waals surface area contributed by atoms with Crippen LogP contribution < -0.4 is 11.3 Å². The summed E-state index contributed by atoms with van der Waals surface area (Å²) in [6.45, 7) is 3.78. The number of anilines is 1. The fourth-order valence-electron chi connectivity index (χ4n) is 1.85. The number of nitrogens with zero attached hydrogens (tertiary/aromatic N) is 3. The lowest BCUT2D eigenvalue weighted by atomic mass is 10.2. The van der Waals surface area contributed by atoms with E-state index in [1.54, 1.807) is 4.90 Å². The first-order valence-corrected chi connectivity index (χ1v) is 5.94. The van der Waals surface area contributed by atoms with E-state index in [0.717, 1.165) is 6.42 Å². The highest BCUT2D eigenvalue weighted by Gasteiger charge is 2.25. The van der Waals surface area contributed by atoms with Gasteiger partial charge < -0.3 is 15.1 Å². The van der Waals surface area contributed by atoms with Gasteiger partial charge in [-0.3, -0.25) is 9.78 Å². The van der Waals surface area contributed by atoms with Crippen molar-refractivity contribution in [2.75, 3.05) is 25.1 Å². The second-order valence-electron chi connectivity index (χ2n) is 4.09. The fraction of sp³-hybridized carbons (Fsp3) is 0.545. The van der Waals surface area contributed by atoms with E-state index in [0.29, 0.717) is 31.2 Å². The number of nitrogens with two attached hydrogens (primary N) is 1. The van der Waals surface area contributed by atoms with Gasteiger partial charge in [0.15, 0.2) is 5.82 Å². The molecule has 1 aromatic heterocycles. The number of nitrogen functional groups attached to an aromatic ring is 1. The summed E-state index contributed by atoms with van der Waals surface area (Å²) >= 11 is 0. The van der Waals surface area contributed by atoms with Gasteiger partial charge in [0.1, 0.15) is 5.69 Å². The van der Waals surface area contributed by atoms with E-state index in [9.17, 15) is 4.79 Å². The number of ether oxygens (including phenoxy) is 1. The minimum absolute atomic E-state index is 0.103. The van der Waals surface area contributed by atoms with Crippen molar-refractivity contribution in [3.8, 4) is 0 Å². The molecule has 1 amide bonds. The molecule has 0 bridgehead atoms. The largest absolute Gasteiger partial charge is 0.375 e. The molecule has 2 heterocycles. The number of carbonyl (C=O) groups excluding carboxylic acids is 1. The molecule has 3 N–H and O–H groups in total. The number of hydrazine groups is 1. The number of carbonyl (C=O) groups is 1. The SMILES string of the molecule is CCC1CN(C(=O)c2cncc(NN)n2)CCO1. The van der Waals surface area contributed by atoms with Crippen molar-refractivity contribution in [1.29, 1.82) is 0 Å². The Morgan fingerprint density at radius 2 is 2.50 bits per heavy atom. The van der Waals surface area contributed by atoms with Crippen molar-refractivity contribution < 1.29 is 9.53 Å². The summed E-state index contributed by atoms with van der Waals surface area (Å²) in [7, 11) is 0. The van der Waals surface area contributed by atoms with Crippen molar-refractivity contribution >= 4 is 11.7 Å². The Labute approximate surface area is 105 Å². The lowest BCUT2D eigenvalue weighted by Gasteiger charge is -2.32. The number of nitrogens with one attached hydrogen (secondary N) is 1. The first-order valence-electron chi connectivity index (χ1n) is 5.94. The van der Waals surface area contributed by atoms with Gasteiger partial charge in [0.05, 0.1) is 25.1 Å². The van der Waals surface area contributed by atoms with Crippen LogP contribution in [0.4, 0.5) is 5.82 Å². The van der Waals surface area contributed by atoms with Gasteiger partial charge in [-0.2, -0.15) is 0 Å². The molecule has 1 fully saturated rings. The smallest absolute Gasteiger partial charge is 0.274 e. The Bertz CT molecular complexity index is 426. The van der Waals surface area contributed by atoms with Crippen LogP contribution in [0.3, 0.4) is 0 Å². The number of hydrogen-bond donors (Lipinski definition) is 2. The second kappa shape index (κ2) is 5.74. The van der Waals surface area contributed by atoms with Crippen LogP contribution in [0.25, 0.3) is 0 Å². The van der Waals surface area contributed by atoms with E-state index in [-0.39, 0.29) is 12.0 Å². The van der Waals surface area contributed by atoms with Gasteiger partial charge in [-0.05, 0) is 6.42 Å². The molecular formula is C11H17N5O2. The maximum atomic E-state index is 12.2. The van der Waals surface area contributed by atoms with E-state index in [2.05, 4.69) is 15.4 Å². The highest BCUT2D eigenvalue weighted by Crippen LogP contribution is 2.11. The van der Waals surface area contributed by atoms with Crippen LogP contribution in [0.1, 0.15) is 23.8 Å². The molecule has 1 unspecified atom stereocenters. The average Bonchev–Trinajstić information content (AvgIpc) is 2.46. The highest BCUT2D eigenvalue weighted by atomic mass is 16.5. The minimum atomic E-state index is -0.138. The van der Waals surface area contributed by atoms with Crippen molar-refractivity contribution in [3.63, 3.8) is 0 Å². The van der Waals surface area contributed by atoms with Crippen LogP contribution in [0.5, 0.6) is 0 Å². The molecule has 7 nitrogen and oxygen atoms in total. The quantitative estimate of drug-likeness (QED) is 0.581. The van der Waals surface area contributed by atoms with Crippen LogP contribution in [-0.2, 0) is 4.74 Å².